The molecule has 0 aromatic carbocycles. The number of hydrogen-bond acceptors (Lipinski definition) is 3. The normalized spacial score (nSPS) is 53.8. The van der Waals surface area contributed by atoms with Crippen molar-refractivity contribution >= 4 is 5.78 Å². The van der Waals surface area contributed by atoms with Gasteiger partial charge in [0, 0.05) is 18.8 Å². The van der Waals surface area contributed by atoms with E-state index in [1.54, 1.807) is 0 Å². The summed E-state index contributed by atoms with van der Waals surface area (Å²) in [6.07, 6.45) is 7.85. The molecule has 136 valence electrons. The van der Waals surface area contributed by atoms with Crippen LogP contribution in [0, 0.1) is 40.9 Å². The molecule has 4 aliphatic rings. The standard InChI is InChI=1S/C20H31FO3/c1-19-8-6-14-13-7-9-20(21,24)10-12(13)2-3-15(14)16(19)4-5-17(19)18(23)11-22/h12-17,22,24H,2-11H2,1H3/t12-,13-,14+,15+,16-,17+,19-,20+/m0/s1. The van der Waals surface area contributed by atoms with Crippen LogP contribution in [0.1, 0.15) is 64.7 Å². The monoisotopic (exact) mass is 338 g/mol. The maximum absolute atomic E-state index is 14.0. The first kappa shape index (κ1) is 17.0. The van der Waals surface area contributed by atoms with Gasteiger partial charge in [0.2, 0.25) is 5.85 Å². The van der Waals surface area contributed by atoms with Gasteiger partial charge in [-0.05, 0) is 80.0 Å². The summed E-state index contributed by atoms with van der Waals surface area (Å²) in [6.45, 7) is 1.97. The second kappa shape index (κ2) is 5.77. The third-order valence-corrected chi connectivity index (χ3v) is 8.50. The van der Waals surface area contributed by atoms with Gasteiger partial charge >= 0.3 is 0 Å². The molecule has 0 spiro atoms. The highest BCUT2D eigenvalue weighted by atomic mass is 19.2. The van der Waals surface area contributed by atoms with Gasteiger partial charge in [-0.1, -0.05) is 6.92 Å². The average molecular weight is 338 g/mol. The number of rotatable bonds is 2. The second-order valence-electron chi connectivity index (χ2n) is 9.40. The van der Waals surface area contributed by atoms with Gasteiger partial charge in [0.1, 0.15) is 6.61 Å². The van der Waals surface area contributed by atoms with E-state index in [1.165, 1.54) is 0 Å². The van der Waals surface area contributed by atoms with Gasteiger partial charge in [0.25, 0.3) is 0 Å². The molecule has 0 aromatic heterocycles. The van der Waals surface area contributed by atoms with E-state index in [0.29, 0.717) is 42.4 Å². The molecule has 8 atom stereocenters. The van der Waals surface area contributed by atoms with E-state index in [2.05, 4.69) is 6.92 Å². The van der Waals surface area contributed by atoms with E-state index >= 15 is 0 Å². The summed E-state index contributed by atoms with van der Waals surface area (Å²) in [4.78, 5) is 12.2. The van der Waals surface area contributed by atoms with Crippen LogP contribution in [0.25, 0.3) is 0 Å². The second-order valence-corrected chi connectivity index (χ2v) is 9.40. The molecule has 0 saturated heterocycles. The van der Waals surface area contributed by atoms with Crippen molar-refractivity contribution in [3.63, 3.8) is 0 Å². The van der Waals surface area contributed by atoms with Crippen molar-refractivity contribution in [1.82, 2.24) is 0 Å². The van der Waals surface area contributed by atoms with Crippen molar-refractivity contribution in [1.29, 1.82) is 0 Å². The maximum atomic E-state index is 14.0. The minimum absolute atomic E-state index is 0.0345. The molecule has 24 heavy (non-hydrogen) atoms. The summed E-state index contributed by atoms with van der Waals surface area (Å²) in [5, 5.41) is 19.1. The summed E-state index contributed by atoms with van der Waals surface area (Å²) in [7, 11) is 0. The summed E-state index contributed by atoms with van der Waals surface area (Å²) >= 11 is 0. The van der Waals surface area contributed by atoms with Crippen molar-refractivity contribution < 1.29 is 19.4 Å². The number of fused-ring (bicyclic) bond motifs is 5. The van der Waals surface area contributed by atoms with Crippen molar-refractivity contribution in [2.75, 3.05) is 6.61 Å². The Labute approximate surface area is 144 Å². The molecule has 4 heteroatoms. The fraction of sp³-hybridized carbons (Fsp3) is 0.950. The first-order chi connectivity index (χ1) is 11.4. The van der Waals surface area contributed by atoms with Crippen LogP contribution in [0.15, 0.2) is 0 Å². The Balaban J connectivity index is 1.54. The number of carbonyl (C=O) groups is 1. The lowest BCUT2D eigenvalue weighted by Crippen LogP contribution is -2.51. The first-order valence-electron chi connectivity index (χ1n) is 9.90. The average Bonchev–Trinajstić information content (AvgIpc) is 2.90. The van der Waals surface area contributed by atoms with E-state index in [4.69, 9.17) is 0 Å². The highest BCUT2D eigenvalue weighted by Gasteiger charge is 2.58. The number of Topliss-reactive ketones (excluding diaryl/α,β-unsaturated/α-hetero) is 1. The summed E-state index contributed by atoms with van der Waals surface area (Å²) in [5.74, 6) is 0.939. The number of aliphatic hydroxyl groups excluding tert-OH is 1. The number of halogens is 1. The quantitative estimate of drug-likeness (QED) is 0.810. The molecule has 0 unspecified atom stereocenters. The number of aliphatic hydroxyl groups is 2. The van der Waals surface area contributed by atoms with Gasteiger partial charge < -0.3 is 10.2 Å². The van der Waals surface area contributed by atoms with Gasteiger partial charge in [-0.2, -0.15) is 0 Å². The van der Waals surface area contributed by atoms with E-state index < -0.39 is 5.85 Å². The summed E-state index contributed by atoms with van der Waals surface area (Å²) < 4.78 is 14.0. The van der Waals surface area contributed by atoms with Gasteiger partial charge in [-0.3, -0.25) is 4.79 Å². The fourth-order valence-electron chi connectivity index (χ4n) is 7.47. The Bertz CT molecular complexity index is 519. The lowest BCUT2D eigenvalue weighted by Gasteiger charge is -2.56. The van der Waals surface area contributed by atoms with Crippen molar-refractivity contribution in [3.05, 3.63) is 0 Å². The van der Waals surface area contributed by atoms with Gasteiger partial charge in [-0.15, -0.1) is 0 Å². The zero-order chi connectivity index (χ0) is 17.1. The van der Waals surface area contributed by atoms with E-state index in [9.17, 15) is 19.4 Å². The third kappa shape index (κ3) is 2.47. The Kier molecular flexibility index (Phi) is 4.08. The SMILES string of the molecule is C[C@]12CC[C@H]3[C@@H](CC[C@H]4C[C@@](O)(F)CC[C@@H]43)[C@@H]1CC[C@@H]2C(=O)CO. The van der Waals surface area contributed by atoms with Gasteiger partial charge in [-0.25, -0.2) is 4.39 Å². The minimum atomic E-state index is -1.94. The first-order valence-corrected chi connectivity index (χ1v) is 9.90. The van der Waals surface area contributed by atoms with E-state index in [0.717, 1.165) is 44.9 Å². The molecule has 0 heterocycles. The van der Waals surface area contributed by atoms with Gasteiger partial charge in [0.15, 0.2) is 5.78 Å². The fourth-order valence-corrected chi connectivity index (χ4v) is 7.47. The number of alkyl halides is 1. The van der Waals surface area contributed by atoms with Crippen molar-refractivity contribution in [2.24, 2.45) is 40.9 Å². The van der Waals surface area contributed by atoms with Crippen LogP contribution < -0.4 is 0 Å². The summed E-state index contributed by atoms with van der Waals surface area (Å²) in [6, 6.07) is 0. The van der Waals surface area contributed by atoms with Crippen LogP contribution in [0.2, 0.25) is 0 Å². The van der Waals surface area contributed by atoms with Crippen LogP contribution in [0.5, 0.6) is 0 Å². The molecule has 2 N–H and O–H groups in total. The predicted molar refractivity (Wildman–Crippen MR) is 88.8 cm³/mol. The topological polar surface area (TPSA) is 57.5 Å². The lowest BCUT2D eigenvalue weighted by molar-refractivity contribution is -0.165. The van der Waals surface area contributed by atoms with Crippen LogP contribution >= 0.6 is 0 Å². The van der Waals surface area contributed by atoms with Gasteiger partial charge in [0.05, 0.1) is 0 Å². The largest absolute Gasteiger partial charge is 0.389 e. The zero-order valence-electron chi connectivity index (χ0n) is 14.7. The maximum Gasteiger partial charge on any atom is 0.207 e. The Hall–Kier alpha value is -0.480. The molecule has 4 saturated carbocycles. The Morgan fingerprint density at radius 1 is 1.04 bits per heavy atom. The zero-order valence-corrected chi connectivity index (χ0v) is 14.7. The smallest absolute Gasteiger partial charge is 0.207 e. The predicted octanol–water partition coefficient (Wildman–Crippen LogP) is 3.47. The van der Waals surface area contributed by atoms with Crippen molar-refractivity contribution in [3.8, 4) is 0 Å². The molecule has 0 aliphatic heterocycles. The third-order valence-electron chi connectivity index (χ3n) is 8.50. The lowest BCUT2D eigenvalue weighted by atomic mass is 9.49. The highest BCUT2D eigenvalue weighted by molar-refractivity contribution is 5.83. The van der Waals surface area contributed by atoms with Crippen LogP contribution in [-0.2, 0) is 4.79 Å². The highest BCUT2D eigenvalue weighted by Crippen LogP contribution is 2.64. The molecule has 0 radical (unpaired) electrons. The molecule has 0 aromatic rings. The Morgan fingerprint density at radius 2 is 1.79 bits per heavy atom. The molecule has 3 nitrogen and oxygen atoms in total. The number of hydrogen-bond donors (Lipinski definition) is 2. The molecule has 0 amide bonds. The van der Waals surface area contributed by atoms with Crippen LogP contribution in [-0.4, -0.2) is 28.5 Å². The molecule has 4 rings (SSSR count). The molecular weight excluding hydrogens is 307 g/mol. The van der Waals surface area contributed by atoms with Crippen molar-refractivity contribution in [2.45, 2.75) is 70.6 Å². The molecule has 4 fully saturated rings. The molecule has 4 aliphatic carbocycles. The number of carbonyl (C=O) groups excluding carboxylic acids is 1. The van der Waals surface area contributed by atoms with Crippen LogP contribution in [0.4, 0.5) is 4.39 Å². The molecular formula is C20H31FO3. The molecule has 0 bridgehead atoms. The summed E-state index contributed by atoms with van der Waals surface area (Å²) in [5.41, 5.74) is 0.0588. The Morgan fingerprint density at radius 3 is 2.54 bits per heavy atom. The van der Waals surface area contributed by atoms with E-state index in [-0.39, 0.29) is 23.7 Å². The van der Waals surface area contributed by atoms with Crippen LogP contribution in [0.3, 0.4) is 0 Å². The van der Waals surface area contributed by atoms with E-state index in [1.807, 2.05) is 0 Å². The minimum Gasteiger partial charge on any atom is -0.389 e. The number of ketones is 1.